The van der Waals surface area contributed by atoms with E-state index in [9.17, 15) is 0 Å². The van der Waals surface area contributed by atoms with Gasteiger partial charge in [0.05, 0.1) is 0 Å². The number of rotatable bonds is 0. The van der Waals surface area contributed by atoms with Gasteiger partial charge >= 0.3 is 0 Å². The molecule has 0 heterocycles. The summed E-state index contributed by atoms with van der Waals surface area (Å²) in [6, 6.07) is 0. The standard InChI is InChI=1S/C12H17/c1-9-7-8-12(2,3)11-6-4-5-10(9)11/h4-6,9H,7-8H2,1-3H3. The average Bonchev–Trinajstić information content (AvgIpc) is 2.46. The van der Waals surface area contributed by atoms with Crippen LogP contribution < -0.4 is 0 Å². The Morgan fingerprint density at radius 3 is 2.75 bits per heavy atom. The van der Waals surface area contributed by atoms with E-state index in [1.807, 2.05) is 0 Å². The smallest absolute Gasteiger partial charge is 0.00744 e. The molecule has 0 amide bonds. The molecule has 2 aliphatic carbocycles. The SMILES string of the molecule is CC1CCC(C)(C)[C]2[CH][CH][CH][C]21. The molecule has 5 radical (unpaired) electrons. The van der Waals surface area contributed by atoms with Gasteiger partial charge in [-0.1, -0.05) is 20.8 Å². The number of hydrogen-bond acceptors (Lipinski definition) is 0. The van der Waals surface area contributed by atoms with Crippen LogP contribution in [0.5, 0.6) is 0 Å². The van der Waals surface area contributed by atoms with Crippen LogP contribution in [0.4, 0.5) is 0 Å². The Balaban J connectivity index is 2.17. The van der Waals surface area contributed by atoms with E-state index in [0.717, 1.165) is 5.92 Å². The molecule has 0 aliphatic heterocycles. The molecule has 2 rings (SSSR count). The van der Waals surface area contributed by atoms with Crippen LogP contribution in [-0.2, 0) is 0 Å². The first-order valence-corrected chi connectivity index (χ1v) is 4.87. The van der Waals surface area contributed by atoms with Crippen LogP contribution in [-0.4, -0.2) is 0 Å². The van der Waals surface area contributed by atoms with Gasteiger partial charge in [0.1, 0.15) is 0 Å². The number of fused-ring (bicyclic) bond motifs is 1. The van der Waals surface area contributed by atoms with Gasteiger partial charge in [0.25, 0.3) is 0 Å². The van der Waals surface area contributed by atoms with Crippen LogP contribution in [0.2, 0.25) is 0 Å². The molecule has 0 spiro atoms. The van der Waals surface area contributed by atoms with E-state index in [2.05, 4.69) is 40.0 Å². The van der Waals surface area contributed by atoms with E-state index < -0.39 is 0 Å². The Bertz CT molecular complexity index is 169. The lowest BCUT2D eigenvalue weighted by atomic mass is 9.61. The fourth-order valence-corrected chi connectivity index (χ4v) is 2.35. The maximum absolute atomic E-state index is 2.36. The van der Waals surface area contributed by atoms with E-state index in [1.165, 1.54) is 12.8 Å². The van der Waals surface area contributed by atoms with Crippen molar-refractivity contribution in [1.82, 2.24) is 0 Å². The molecular formula is C12H17. The summed E-state index contributed by atoms with van der Waals surface area (Å²) in [4.78, 5) is 0. The summed E-state index contributed by atoms with van der Waals surface area (Å²) in [5.74, 6) is 3.95. The summed E-state index contributed by atoms with van der Waals surface area (Å²) in [6.07, 6.45) is 9.48. The molecule has 0 heteroatoms. The minimum absolute atomic E-state index is 0.422. The summed E-state index contributed by atoms with van der Waals surface area (Å²) in [5.41, 5.74) is 0.422. The van der Waals surface area contributed by atoms with Crippen molar-refractivity contribution in [2.24, 2.45) is 11.3 Å². The van der Waals surface area contributed by atoms with Gasteiger partial charge < -0.3 is 0 Å². The minimum atomic E-state index is 0.422. The Hall–Kier alpha value is 0. The molecule has 0 nitrogen and oxygen atoms in total. The molecule has 0 aromatic rings. The lowest BCUT2D eigenvalue weighted by molar-refractivity contribution is 0.277. The lowest BCUT2D eigenvalue weighted by Crippen LogP contribution is -2.33. The Labute approximate surface area is 76.7 Å². The zero-order valence-electron chi connectivity index (χ0n) is 8.22. The third-order valence-corrected chi connectivity index (χ3v) is 3.31. The molecule has 1 atom stereocenters. The van der Waals surface area contributed by atoms with Crippen molar-refractivity contribution in [2.75, 3.05) is 0 Å². The van der Waals surface area contributed by atoms with E-state index in [0.29, 0.717) is 5.41 Å². The first-order chi connectivity index (χ1) is 5.61. The molecule has 65 valence electrons. The highest BCUT2D eigenvalue weighted by Gasteiger charge is 2.45. The highest BCUT2D eigenvalue weighted by atomic mass is 14.5. The molecule has 1 unspecified atom stereocenters. The maximum atomic E-state index is 2.36. The normalized spacial score (nSPS) is 36.8. The average molecular weight is 161 g/mol. The fourth-order valence-electron chi connectivity index (χ4n) is 2.35. The van der Waals surface area contributed by atoms with Crippen molar-refractivity contribution >= 4 is 0 Å². The van der Waals surface area contributed by atoms with Crippen molar-refractivity contribution in [3.63, 3.8) is 0 Å². The zero-order valence-corrected chi connectivity index (χ0v) is 8.22. The van der Waals surface area contributed by atoms with Crippen molar-refractivity contribution in [3.05, 3.63) is 31.1 Å². The van der Waals surface area contributed by atoms with Crippen LogP contribution >= 0.6 is 0 Å². The fraction of sp³-hybridized carbons (Fsp3) is 0.583. The second-order valence-electron chi connectivity index (χ2n) is 4.72. The molecule has 0 aromatic heterocycles. The summed E-state index contributed by atoms with van der Waals surface area (Å²) < 4.78 is 0. The van der Waals surface area contributed by atoms with Crippen LogP contribution in [0, 0.1) is 42.4 Å². The largest absolute Gasteiger partial charge is 0.0619 e. The third kappa shape index (κ3) is 1.20. The topological polar surface area (TPSA) is 0 Å². The first kappa shape index (κ1) is 8.59. The van der Waals surface area contributed by atoms with E-state index in [1.54, 1.807) is 11.8 Å². The van der Waals surface area contributed by atoms with Gasteiger partial charge in [-0.25, -0.2) is 0 Å². The Morgan fingerprint density at radius 1 is 1.33 bits per heavy atom. The molecule has 2 aliphatic rings. The molecule has 2 fully saturated rings. The van der Waals surface area contributed by atoms with Gasteiger partial charge in [-0.2, -0.15) is 0 Å². The van der Waals surface area contributed by atoms with Gasteiger partial charge in [0.15, 0.2) is 0 Å². The van der Waals surface area contributed by atoms with Crippen molar-refractivity contribution < 1.29 is 0 Å². The summed E-state index contributed by atoms with van der Waals surface area (Å²) in [5, 5.41) is 0. The van der Waals surface area contributed by atoms with Gasteiger partial charge in [0, 0.05) is 0 Å². The highest BCUT2D eigenvalue weighted by molar-refractivity contribution is 5.49. The van der Waals surface area contributed by atoms with Crippen LogP contribution in [0.25, 0.3) is 0 Å². The molecule has 0 saturated heterocycles. The molecule has 0 bridgehead atoms. The first-order valence-electron chi connectivity index (χ1n) is 4.87. The highest BCUT2D eigenvalue weighted by Crippen LogP contribution is 2.55. The molecule has 12 heavy (non-hydrogen) atoms. The van der Waals surface area contributed by atoms with Crippen LogP contribution in [0.15, 0.2) is 0 Å². The second-order valence-corrected chi connectivity index (χ2v) is 4.72. The minimum Gasteiger partial charge on any atom is -0.0619 e. The van der Waals surface area contributed by atoms with E-state index in [-0.39, 0.29) is 0 Å². The van der Waals surface area contributed by atoms with Crippen LogP contribution in [0.3, 0.4) is 0 Å². The molecule has 2 saturated carbocycles. The maximum Gasteiger partial charge on any atom is -0.00744 e. The summed E-state index contributed by atoms with van der Waals surface area (Å²) in [7, 11) is 0. The van der Waals surface area contributed by atoms with Crippen molar-refractivity contribution in [1.29, 1.82) is 0 Å². The zero-order chi connectivity index (χ0) is 8.77. The van der Waals surface area contributed by atoms with Gasteiger partial charge in [-0.3, -0.25) is 0 Å². The predicted molar refractivity (Wildman–Crippen MR) is 51.6 cm³/mol. The predicted octanol–water partition coefficient (Wildman–Crippen LogP) is 3.22. The van der Waals surface area contributed by atoms with Gasteiger partial charge in [-0.15, -0.1) is 0 Å². The third-order valence-electron chi connectivity index (χ3n) is 3.31. The Kier molecular flexibility index (Phi) is 1.97. The van der Waals surface area contributed by atoms with Gasteiger partial charge in [0.2, 0.25) is 0 Å². The molecule has 0 N–H and O–H groups in total. The van der Waals surface area contributed by atoms with Crippen LogP contribution in [0.1, 0.15) is 33.6 Å². The number of hydrogen-bond donors (Lipinski definition) is 0. The van der Waals surface area contributed by atoms with Gasteiger partial charge in [-0.05, 0) is 55.3 Å². The molecular weight excluding hydrogens is 144 g/mol. The van der Waals surface area contributed by atoms with E-state index in [4.69, 9.17) is 0 Å². The monoisotopic (exact) mass is 161 g/mol. The quantitative estimate of drug-likeness (QED) is 0.511. The van der Waals surface area contributed by atoms with Crippen molar-refractivity contribution in [2.45, 2.75) is 33.6 Å². The lowest BCUT2D eigenvalue weighted by Gasteiger charge is -2.43. The summed E-state index contributed by atoms with van der Waals surface area (Å²) >= 11 is 0. The molecule has 0 aromatic carbocycles. The van der Waals surface area contributed by atoms with Crippen molar-refractivity contribution in [3.8, 4) is 0 Å². The second kappa shape index (κ2) is 2.75. The van der Waals surface area contributed by atoms with E-state index >= 15 is 0 Å². The summed E-state index contributed by atoms with van der Waals surface area (Å²) in [6.45, 7) is 7.06. The Morgan fingerprint density at radius 2 is 2.08 bits per heavy atom.